The molecule has 6 heteroatoms. The van der Waals surface area contributed by atoms with Crippen LogP contribution in [0.4, 0.5) is 5.82 Å². The van der Waals surface area contributed by atoms with Crippen molar-refractivity contribution in [2.75, 3.05) is 11.4 Å². The van der Waals surface area contributed by atoms with Crippen molar-refractivity contribution in [2.45, 2.75) is 39.7 Å². The van der Waals surface area contributed by atoms with Crippen LogP contribution in [0, 0.1) is 19.8 Å². The van der Waals surface area contributed by atoms with E-state index >= 15 is 0 Å². The summed E-state index contributed by atoms with van der Waals surface area (Å²) in [4.78, 5) is 26.9. The molecule has 0 spiro atoms. The molecule has 0 radical (unpaired) electrons. The van der Waals surface area contributed by atoms with Crippen molar-refractivity contribution in [1.82, 2.24) is 15.1 Å². The lowest BCUT2D eigenvalue weighted by Gasteiger charge is -2.18. The smallest absolute Gasteiger partial charge is 0.250 e. The second-order valence-electron chi connectivity index (χ2n) is 7.20. The summed E-state index contributed by atoms with van der Waals surface area (Å²) in [6, 6.07) is 9.63. The molecule has 2 amide bonds. The van der Waals surface area contributed by atoms with Gasteiger partial charge in [-0.15, -0.1) is 0 Å². The van der Waals surface area contributed by atoms with Crippen molar-refractivity contribution < 1.29 is 9.59 Å². The summed E-state index contributed by atoms with van der Waals surface area (Å²) in [6.45, 7) is 6.43. The monoisotopic (exact) mass is 354 g/mol. The van der Waals surface area contributed by atoms with Gasteiger partial charge in [0.15, 0.2) is 0 Å². The van der Waals surface area contributed by atoms with E-state index in [4.69, 9.17) is 0 Å². The molecule has 1 aromatic heterocycles. The highest BCUT2D eigenvalue weighted by molar-refractivity contribution is 6.01. The van der Waals surface area contributed by atoms with Gasteiger partial charge in [0.05, 0.1) is 5.69 Å². The molecular formula is C20H26N4O2. The molecule has 1 fully saturated rings. The standard InChI is InChI=1S/C20H26N4O2/c1-13-5-7-16(8-6-13)11-14(2)19(25)21-17-9-10-24(20(17)26)18-12-15(3)22-23(18)4/h5-8,12,14,17H,9-11H2,1-4H3,(H,21,25). The Hall–Kier alpha value is -2.63. The van der Waals surface area contributed by atoms with Crippen LogP contribution < -0.4 is 10.2 Å². The minimum Gasteiger partial charge on any atom is -0.344 e. The zero-order valence-electron chi connectivity index (χ0n) is 15.8. The number of nitrogens with one attached hydrogen (secondary N) is 1. The number of nitrogens with zero attached hydrogens (tertiary/aromatic N) is 3. The highest BCUT2D eigenvalue weighted by Gasteiger charge is 2.35. The third kappa shape index (κ3) is 3.79. The van der Waals surface area contributed by atoms with E-state index in [0.717, 1.165) is 17.1 Å². The summed E-state index contributed by atoms with van der Waals surface area (Å²) in [6.07, 6.45) is 1.28. The number of benzene rings is 1. The number of aromatic nitrogens is 2. The molecule has 0 bridgehead atoms. The Morgan fingerprint density at radius 3 is 2.62 bits per heavy atom. The number of rotatable bonds is 5. The lowest BCUT2D eigenvalue weighted by molar-refractivity contribution is -0.128. The molecule has 2 heterocycles. The van der Waals surface area contributed by atoms with Gasteiger partial charge in [-0.05, 0) is 32.3 Å². The van der Waals surface area contributed by atoms with Crippen LogP contribution in [0.3, 0.4) is 0 Å². The minimum absolute atomic E-state index is 0.0658. The summed E-state index contributed by atoms with van der Waals surface area (Å²) in [5, 5.41) is 7.22. The van der Waals surface area contributed by atoms with E-state index in [1.54, 1.807) is 9.58 Å². The van der Waals surface area contributed by atoms with E-state index in [9.17, 15) is 9.59 Å². The maximum absolute atomic E-state index is 12.7. The molecule has 2 unspecified atom stereocenters. The molecule has 138 valence electrons. The Balaban J connectivity index is 1.60. The van der Waals surface area contributed by atoms with Crippen LogP contribution in [-0.2, 0) is 23.1 Å². The molecule has 0 aliphatic carbocycles. The predicted molar refractivity (Wildman–Crippen MR) is 101 cm³/mol. The first-order valence-electron chi connectivity index (χ1n) is 9.03. The Kier molecular flexibility index (Phi) is 5.11. The van der Waals surface area contributed by atoms with Crippen LogP contribution in [0.15, 0.2) is 30.3 Å². The van der Waals surface area contributed by atoms with Gasteiger partial charge < -0.3 is 5.32 Å². The fraction of sp³-hybridized carbons (Fsp3) is 0.450. The van der Waals surface area contributed by atoms with Gasteiger partial charge in [-0.3, -0.25) is 19.2 Å². The van der Waals surface area contributed by atoms with Crippen LogP contribution in [0.1, 0.15) is 30.2 Å². The Morgan fingerprint density at radius 1 is 1.31 bits per heavy atom. The largest absolute Gasteiger partial charge is 0.344 e. The van der Waals surface area contributed by atoms with Crippen molar-refractivity contribution in [3.8, 4) is 0 Å². The fourth-order valence-corrected chi connectivity index (χ4v) is 3.38. The molecule has 1 saturated heterocycles. The van der Waals surface area contributed by atoms with E-state index in [1.165, 1.54) is 5.56 Å². The van der Waals surface area contributed by atoms with Crippen molar-refractivity contribution in [2.24, 2.45) is 13.0 Å². The molecule has 1 aliphatic heterocycles. The highest BCUT2D eigenvalue weighted by Crippen LogP contribution is 2.22. The average Bonchev–Trinajstić information content (AvgIpc) is 3.11. The number of amides is 2. The predicted octanol–water partition coefficient (Wildman–Crippen LogP) is 2.14. The number of aryl methyl sites for hydroxylation is 3. The maximum Gasteiger partial charge on any atom is 0.250 e. The van der Waals surface area contributed by atoms with Crippen molar-refractivity contribution in [1.29, 1.82) is 0 Å². The molecule has 1 aliphatic rings. The summed E-state index contributed by atoms with van der Waals surface area (Å²) < 4.78 is 1.71. The summed E-state index contributed by atoms with van der Waals surface area (Å²) in [5.41, 5.74) is 3.20. The molecular weight excluding hydrogens is 328 g/mol. The summed E-state index contributed by atoms with van der Waals surface area (Å²) in [7, 11) is 1.82. The first-order valence-corrected chi connectivity index (χ1v) is 9.03. The van der Waals surface area contributed by atoms with Gasteiger partial charge in [0.2, 0.25) is 5.91 Å². The number of hydrogen-bond donors (Lipinski definition) is 1. The van der Waals surface area contributed by atoms with Gasteiger partial charge in [0.1, 0.15) is 11.9 Å². The molecule has 2 aromatic rings. The topological polar surface area (TPSA) is 67.2 Å². The van der Waals surface area contributed by atoms with Gasteiger partial charge in [-0.1, -0.05) is 36.8 Å². The lowest BCUT2D eigenvalue weighted by Crippen LogP contribution is -2.44. The highest BCUT2D eigenvalue weighted by atomic mass is 16.2. The summed E-state index contributed by atoms with van der Waals surface area (Å²) >= 11 is 0. The molecule has 26 heavy (non-hydrogen) atoms. The van der Waals surface area contributed by atoms with Gasteiger partial charge in [0.25, 0.3) is 5.91 Å². The Morgan fingerprint density at radius 2 is 2.00 bits per heavy atom. The van der Waals surface area contributed by atoms with Gasteiger partial charge in [-0.2, -0.15) is 5.10 Å². The van der Waals surface area contributed by atoms with E-state index in [0.29, 0.717) is 19.4 Å². The quantitative estimate of drug-likeness (QED) is 0.894. The molecule has 6 nitrogen and oxygen atoms in total. The number of carbonyl (C=O) groups excluding carboxylic acids is 2. The third-order valence-corrected chi connectivity index (χ3v) is 4.89. The minimum atomic E-state index is -0.460. The second-order valence-corrected chi connectivity index (χ2v) is 7.20. The van der Waals surface area contributed by atoms with Crippen LogP contribution in [0.5, 0.6) is 0 Å². The number of hydrogen-bond acceptors (Lipinski definition) is 3. The second kappa shape index (κ2) is 7.32. The lowest BCUT2D eigenvalue weighted by atomic mass is 9.99. The van der Waals surface area contributed by atoms with E-state index in [1.807, 2.05) is 58.2 Å². The molecule has 0 saturated carbocycles. The molecule has 1 aromatic carbocycles. The maximum atomic E-state index is 12.7. The Bertz CT molecular complexity index is 810. The van der Waals surface area contributed by atoms with Crippen LogP contribution >= 0.6 is 0 Å². The van der Waals surface area contributed by atoms with E-state index in [2.05, 4.69) is 10.4 Å². The van der Waals surface area contributed by atoms with Crippen LogP contribution in [0.25, 0.3) is 0 Å². The molecule has 1 N–H and O–H groups in total. The SMILES string of the molecule is Cc1ccc(CC(C)C(=O)NC2CCN(c3cc(C)nn3C)C2=O)cc1. The first-order chi connectivity index (χ1) is 12.3. The fourth-order valence-electron chi connectivity index (χ4n) is 3.38. The third-order valence-electron chi connectivity index (χ3n) is 4.89. The number of carbonyl (C=O) groups is 2. The number of anilines is 1. The first kappa shape index (κ1) is 18.2. The normalized spacial score (nSPS) is 18.2. The molecule has 2 atom stereocenters. The van der Waals surface area contributed by atoms with E-state index in [-0.39, 0.29) is 17.7 Å². The van der Waals surface area contributed by atoms with Gasteiger partial charge >= 0.3 is 0 Å². The molecule has 3 rings (SSSR count). The average molecular weight is 354 g/mol. The van der Waals surface area contributed by atoms with Crippen molar-refractivity contribution >= 4 is 17.6 Å². The summed E-state index contributed by atoms with van der Waals surface area (Å²) in [5.74, 6) is 0.450. The zero-order valence-corrected chi connectivity index (χ0v) is 15.8. The van der Waals surface area contributed by atoms with Gasteiger partial charge in [0, 0.05) is 25.6 Å². The van der Waals surface area contributed by atoms with Gasteiger partial charge in [-0.25, -0.2) is 0 Å². The van der Waals surface area contributed by atoms with Crippen LogP contribution in [-0.4, -0.2) is 34.2 Å². The Labute approximate surface area is 154 Å². The zero-order chi connectivity index (χ0) is 18.8. The van der Waals surface area contributed by atoms with Crippen molar-refractivity contribution in [3.05, 3.63) is 47.2 Å². The van der Waals surface area contributed by atoms with Crippen molar-refractivity contribution in [3.63, 3.8) is 0 Å². The van der Waals surface area contributed by atoms with Crippen LogP contribution in [0.2, 0.25) is 0 Å². The van der Waals surface area contributed by atoms with E-state index < -0.39 is 6.04 Å².